The molecular formula is C19H19N5O. The first-order chi connectivity index (χ1) is 12.1. The standard InChI is InChI=1S/C19H19N5O/c1-12-16(13(2)24(23-12)11-14-7-4-3-5-8-14)18-21-17-15(19(25)22-18)9-6-10-20-17/h3-10,18H,11H2,1-2H3,(H,20,21)(H,22,25)/t18-/m0/s1. The molecule has 1 amide bonds. The van der Waals surface area contributed by atoms with Crippen molar-refractivity contribution in [2.75, 3.05) is 5.32 Å². The van der Waals surface area contributed by atoms with Crippen LogP contribution >= 0.6 is 0 Å². The topological polar surface area (TPSA) is 71.8 Å². The largest absolute Gasteiger partial charge is 0.345 e. The van der Waals surface area contributed by atoms with Gasteiger partial charge in [0.2, 0.25) is 0 Å². The summed E-state index contributed by atoms with van der Waals surface area (Å²) in [6.07, 6.45) is 1.35. The van der Waals surface area contributed by atoms with Crippen LogP contribution in [0.1, 0.15) is 39.0 Å². The first-order valence-corrected chi connectivity index (χ1v) is 8.23. The number of pyridine rings is 1. The van der Waals surface area contributed by atoms with E-state index in [1.807, 2.05) is 36.7 Å². The van der Waals surface area contributed by atoms with Crippen molar-refractivity contribution in [1.29, 1.82) is 0 Å². The summed E-state index contributed by atoms with van der Waals surface area (Å²) in [5, 5.41) is 11.0. The molecule has 0 saturated carbocycles. The number of hydrogen-bond acceptors (Lipinski definition) is 4. The summed E-state index contributed by atoms with van der Waals surface area (Å²) in [7, 11) is 0. The fraction of sp³-hybridized carbons (Fsp3) is 0.211. The average Bonchev–Trinajstić information content (AvgIpc) is 2.89. The molecule has 0 spiro atoms. The number of aryl methyl sites for hydroxylation is 1. The van der Waals surface area contributed by atoms with Gasteiger partial charge >= 0.3 is 0 Å². The van der Waals surface area contributed by atoms with Gasteiger partial charge in [-0.1, -0.05) is 30.3 Å². The average molecular weight is 333 g/mol. The predicted octanol–water partition coefficient (Wildman–Crippen LogP) is 2.80. The highest BCUT2D eigenvalue weighted by molar-refractivity contribution is 6.00. The molecule has 1 aromatic carbocycles. The summed E-state index contributed by atoms with van der Waals surface area (Å²) >= 11 is 0. The predicted molar refractivity (Wildman–Crippen MR) is 95.3 cm³/mol. The third kappa shape index (κ3) is 2.76. The fourth-order valence-electron chi connectivity index (χ4n) is 3.27. The molecule has 126 valence electrons. The van der Waals surface area contributed by atoms with Gasteiger partial charge in [-0.3, -0.25) is 9.48 Å². The van der Waals surface area contributed by atoms with Gasteiger partial charge in [0, 0.05) is 17.5 Å². The van der Waals surface area contributed by atoms with Crippen molar-refractivity contribution >= 4 is 11.7 Å². The molecule has 0 aliphatic carbocycles. The second-order valence-corrected chi connectivity index (χ2v) is 6.18. The normalized spacial score (nSPS) is 16.1. The number of rotatable bonds is 3. The van der Waals surface area contributed by atoms with Crippen LogP contribution in [0.2, 0.25) is 0 Å². The molecule has 2 aromatic heterocycles. The van der Waals surface area contributed by atoms with Crippen molar-refractivity contribution in [2.45, 2.75) is 26.6 Å². The van der Waals surface area contributed by atoms with E-state index in [2.05, 4.69) is 32.8 Å². The van der Waals surface area contributed by atoms with Crippen molar-refractivity contribution in [1.82, 2.24) is 20.1 Å². The Kier molecular flexibility index (Phi) is 3.72. The monoisotopic (exact) mass is 333 g/mol. The number of hydrogen-bond donors (Lipinski definition) is 2. The van der Waals surface area contributed by atoms with Gasteiger partial charge in [-0.2, -0.15) is 5.10 Å². The summed E-state index contributed by atoms with van der Waals surface area (Å²) in [6, 6.07) is 13.7. The zero-order valence-corrected chi connectivity index (χ0v) is 14.2. The zero-order chi connectivity index (χ0) is 17.4. The molecule has 1 atom stereocenters. The van der Waals surface area contributed by atoms with Crippen molar-refractivity contribution in [3.05, 3.63) is 76.7 Å². The van der Waals surface area contributed by atoms with Gasteiger partial charge in [0.15, 0.2) is 0 Å². The van der Waals surface area contributed by atoms with Crippen LogP contribution in [0.15, 0.2) is 48.7 Å². The Bertz CT molecular complexity index is 932. The summed E-state index contributed by atoms with van der Waals surface area (Å²) in [6.45, 7) is 4.69. The Balaban J connectivity index is 1.67. The van der Waals surface area contributed by atoms with E-state index in [1.54, 1.807) is 18.3 Å². The van der Waals surface area contributed by atoms with Crippen LogP contribution < -0.4 is 10.6 Å². The van der Waals surface area contributed by atoms with E-state index < -0.39 is 0 Å². The lowest BCUT2D eigenvalue weighted by Gasteiger charge is -2.27. The highest BCUT2D eigenvalue weighted by Crippen LogP contribution is 2.28. The quantitative estimate of drug-likeness (QED) is 0.773. The van der Waals surface area contributed by atoms with Gasteiger partial charge in [-0.25, -0.2) is 4.98 Å². The van der Waals surface area contributed by atoms with E-state index >= 15 is 0 Å². The van der Waals surface area contributed by atoms with Crippen LogP contribution in [0, 0.1) is 13.8 Å². The van der Waals surface area contributed by atoms with Crippen LogP contribution in [-0.4, -0.2) is 20.7 Å². The molecule has 0 radical (unpaired) electrons. The molecule has 3 aromatic rings. The van der Waals surface area contributed by atoms with Crippen molar-refractivity contribution in [3.63, 3.8) is 0 Å². The number of amides is 1. The zero-order valence-electron chi connectivity index (χ0n) is 14.2. The molecule has 1 aliphatic rings. The van der Waals surface area contributed by atoms with Crippen molar-refractivity contribution < 1.29 is 4.79 Å². The van der Waals surface area contributed by atoms with Gasteiger partial charge in [-0.15, -0.1) is 0 Å². The van der Waals surface area contributed by atoms with E-state index in [1.165, 1.54) is 5.56 Å². The maximum absolute atomic E-state index is 12.4. The summed E-state index contributed by atoms with van der Waals surface area (Å²) in [5.41, 5.74) is 4.66. The van der Waals surface area contributed by atoms with E-state index in [0.717, 1.165) is 17.0 Å². The Labute approximate surface area is 145 Å². The minimum absolute atomic E-state index is 0.124. The van der Waals surface area contributed by atoms with Gasteiger partial charge in [-0.05, 0) is 31.5 Å². The SMILES string of the molecule is Cc1nn(Cc2ccccc2)c(C)c1[C@@H]1NC(=O)c2cccnc2N1. The minimum atomic E-state index is -0.334. The minimum Gasteiger partial charge on any atom is -0.345 e. The second kappa shape index (κ2) is 6.05. The van der Waals surface area contributed by atoms with Gasteiger partial charge < -0.3 is 10.6 Å². The van der Waals surface area contributed by atoms with Crippen LogP contribution in [-0.2, 0) is 6.54 Å². The molecule has 0 bridgehead atoms. The maximum Gasteiger partial charge on any atom is 0.256 e. The van der Waals surface area contributed by atoms with Crippen molar-refractivity contribution in [3.8, 4) is 0 Å². The van der Waals surface area contributed by atoms with Gasteiger partial charge in [0.05, 0.1) is 17.8 Å². The molecule has 6 heteroatoms. The first kappa shape index (κ1) is 15.4. The Morgan fingerprint density at radius 2 is 1.88 bits per heavy atom. The molecule has 0 saturated heterocycles. The summed E-state index contributed by atoms with van der Waals surface area (Å²) < 4.78 is 1.97. The van der Waals surface area contributed by atoms with Crippen LogP contribution in [0.4, 0.5) is 5.82 Å². The third-order valence-electron chi connectivity index (χ3n) is 4.51. The van der Waals surface area contributed by atoms with E-state index in [4.69, 9.17) is 0 Å². The van der Waals surface area contributed by atoms with Gasteiger partial charge in [0.1, 0.15) is 12.0 Å². The fourth-order valence-corrected chi connectivity index (χ4v) is 3.27. The number of carbonyl (C=O) groups is 1. The second-order valence-electron chi connectivity index (χ2n) is 6.18. The van der Waals surface area contributed by atoms with Crippen LogP contribution in [0.25, 0.3) is 0 Å². The van der Waals surface area contributed by atoms with E-state index in [9.17, 15) is 4.79 Å². The molecule has 0 unspecified atom stereocenters. The lowest BCUT2D eigenvalue weighted by Crippen LogP contribution is -2.39. The smallest absolute Gasteiger partial charge is 0.256 e. The third-order valence-corrected chi connectivity index (χ3v) is 4.51. The molecule has 2 N–H and O–H groups in total. The lowest BCUT2D eigenvalue weighted by atomic mass is 10.1. The number of nitrogens with zero attached hydrogens (tertiary/aromatic N) is 3. The van der Waals surface area contributed by atoms with Crippen molar-refractivity contribution in [2.24, 2.45) is 0 Å². The van der Waals surface area contributed by atoms with E-state index in [-0.39, 0.29) is 12.1 Å². The van der Waals surface area contributed by atoms with E-state index in [0.29, 0.717) is 17.9 Å². The lowest BCUT2D eigenvalue weighted by molar-refractivity contribution is 0.0935. The number of anilines is 1. The summed E-state index contributed by atoms with van der Waals surface area (Å²) in [4.78, 5) is 16.7. The first-order valence-electron chi connectivity index (χ1n) is 8.23. The molecule has 0 fully saturated rings. The number of aromatic nitrogens is 3. The molecule has 25 heavy (non-hydrogen) atoms. The molecular weight excluding hydrogens is 314 g/mol. The number of benzene rings is 1. The highest BCUT2D eigenvalue weighted by Gasteiger charge is 2.29. The number of carbonyl (C=O) groups excluding carboxylic acids is 1. The Morgan fingerprint density at radius 1 is 1.08 bits per heavy atom. The molecule has 1 aliphatic heterocycles. The highest BCUT2D eigenvalue weighted by atomic mass is 16.2. The Hall–Kier alpha value is -3.15. The number of nitrogens with one attached hydrogen (secondary N) is 2. The molecule has 6 nitrogen and oxygen atoms in total. The number of fused-ring (bicyclic) bond motifs is 1. The van der Waals surface area contributed by atoms with Gasteiger partial charge in [0.25, 0.3) is 5.91 Å². The van der Waals surface area contributed by atoms with Crippen LogP contribution in [0.3, 0.4) is 0 Å². The Morgan fingerprint density at radius 3 is 2.68 bits per heavy atom. The van der Waals surface area contributed by atoms with Crippen LogP contribution in [0.5, 0.6) is 0 Å². The summed E-state index contributed by atoms with van der Waals surface area (Å²) in [5.74, 6) is 0.479. The maximum atomic E-state index is 12.4. The molecule has 3 heterocycles. The molecule has 4 rings (SSSR count).